The van der Waals surface area contributed by atoms with Crippen molar-refractivity contribution in [2.45, 2.75) is 17.3 Å². The van der Waals surface area contributed by atoms with Crippen LogP contribution in [0.3, 0.4) is 0 Å². The summed E-state index contributed by atoms with van der Waals surface area (Å²) in [6.07, 6.45) is 3.23. The fraction of sp³-hybridized carbons (Fsp3) is 0.438. The zero-order chi connectivity index (χ0) is 24.0. The molecule has 0 atom stereocenters. The van der Waals surface area contributed by atoms with Gasteiger partial charge in [0.25, 0.3) is 0 Å². The van der Waals surface area contributed by atoms with Gasteiger partial charge >= 0.3 is 13.3 Å². The van der Waals surface area contributed by atoms with Crippen LogP contribution in [0.5, 0.6) is 5.75 Å². The molecule has 3 N–H and O–H groups in total. The number of ether oxygens (including phenoxy) is 1. The van der Waals surface area contributed by atoms with Gasteiger partial charge in [0.1, 0.15) is 16.9 Å². The van der Waals surface area contributed by atoms with Crippen LogP contribution in [-0.2, 0) is 10.2 Å². The zero-order valence-electron chi connectivity index (χ0n) is 16.6. The Morgan fingerprint density at radius 2 is 1.94 bits per heavy atom. The van der Waals surface area contributed by atoms with E-state index in [-0.39, 0.29) is 21.2 Å². The third-order valence-electron chi connectivity index (χ3n) is 3.68. The second-order valence-corrected chi connectivity index (χ2v) is 10.7. The molecule has 0 saturated heterocycles. The molecule has 15 heteroatoms. The van der Waals surface area contributed by atoms with Gasteiger partial charge in [0.15, 0.2) is 0 Å². The first-order valence-electron chi connectivity index (χ1n) is 8.52. The number of thioether (sulfide) groups is 1. The number of nitrogens with one attached hydrogen (secondary N) is 1. The van der Waals surface area contributed by atoms with E-state index in [1.807, 2.05) is 6.26 Å². The summed E-state index contributed by atoms with van der Waals surface area (Å²) in [5.74, 6) is 1.09. The average molecular weight is 550 g/mol. The summed E-state index contributed by atoms with van der Waals surface area (Å²) in [6.45, 7) is 0.331. The first-order chi connectivity index (χ1) is 14.2. The number of alkyl halides is 2. The molecule has 0 aliphatic rings. The molecule has 0 fully saturated rings. The maximum Gasteiger partial charge on any atom is 0.400 e. The van der Waals surface area contributed by atoms with E-state index in [4.69, 9.17) is 38.1 Å². The highest BCUT2D eigenvalue weighted by molar-refractivity contribution is 9.10. The largest absolute Gasteiger partial charge is 0.492 e. The third-order valence-corrected chi connectivity index (χ3v) is 7.86. The topological polar surface area (TPSA) is 95.9 Å². The molecule has 0 unspecified atom stereocenters. The van der Waals surface area contributed by atoms with Crippen LogP contribution >= 0.6 is 46.6 Å². The van der Waals surface area contributed by atoms with Gasteiger partial charge in [0, 0.05) is 15.4 Å². The third kappa shape index (κ3) is 7.87. The molecule has 0 spiro atoms. The quantitative estimate of drug-likeness (QED) is 0.191. The van der Waals surface area contributed by atoms with E-state index in [1.54, 1.807) is 18.8 Å². The molecule has 31 heavy (non-hydrogen) atoms. The Kier molecular flexibility index (Phi) is 10.8. The molecule has 164 valence electrons. The normalized spacial score (nSPS) is 12.4. The van der Waals surface area contributed by atoms with E-state index in [0.29, 0.717) is 28.9 Å². The Hall–Kier alpha value is -0.355. The molecule has 1 aromatic heterocycles. The lowest BCUT2D eigenvalue weighted by atomic mass is 9.49. The van der Waals surface area contributed by atoms with Crippen LogP contribution in [-0.4, -0.2) is 70.5 Å². The number of fused-ring (bicyclic) bond motifs is 1. The molecular weight excluding hydrogens is 532 g/mol. The zero-order valence-corrected chi connectivity index (χ0v) is 20.7. The lowest BCUT2D eigenvalue weighted by Crippen LogP contribution is -2.44. The van der Waals surface area contributed by atoms with Gasteiger partial charge in [-0.15, -0.1) is 11.3 Å². The van der Waals surface area contributed by atoms with E-state index in [1.165, 1.54) is 12.1 Å². The summed E-state index contributed by atoms with van der Waals surface area (Å²) in [4.78, 5) is 28.3. The van der Waals surface area contributed by atoms with Crippen molar-refractivity contribution in [3.05, 3.63) is 27.0 Å². The molecule has 0 amide bonds. The van der Waals surface area contributed by atoms with Crippen LogP contribution in [0.2, 0.25) is 0 Å². The number of carbonyl (C=O) groups is 1. The number of thiophene rings is 1. The van der Waals surface area contributed by atoms with Crippen molar-refractivity contribution in [1.82, 2.24) is 5.32 Å². The van der Waals surface area contributed by atoms with Crippen LogP contribution in [0.4, 0.5) is 8.78 Å². The molecule has 0 aliphatic carbocycles. The van der Waals surface area contributed by atoms with E-state index < -0.39 is 23.4 Å². The van der Waals surface area contributed by atoms with Crippen LogP contribution in [0.25, 0.3) is 10.1 Å². The first kappa shape index (κ1) is 28.7. The predicted octanol–water partition coefficient (Wildman–Crippen LogP) is 3.16. The van der Waals surface area contributed by atoms with E-state index >= 15 is 0 Å². The Balaban J connectivity index is 0.000000703. The summed E-state index contributed by atoms with van der Waals surface area (Å²) in [5, 5.41) is 1.48. The van der Waals surface area contributed by atoms with Crippen molar-refractivity contribution in [2.24, 2.45) is 0 Å². The number of rotatable bonds is 9. The number of aldehydes is 1. The van der Waals surface area contributed by atoms with Crippen LogP contribution in [0.1, 0.15) is 21.7 Å². The maximum absolute atomic E-state index is 14.1. The second kappa shape index (κ2) is 11.7. The molecule has 1 heterocycles. The highest BCUT2D eigenvalue weighted by Crippen LogP contribution is 2.63. The van der Waals surface area contributed by atoms with E-state index in [2.05, 4.69) is 21.2 Å². The van der Waals surface area contributed by atoms with Gasteiger partial charge in [-0.25, -0.2) is 0 Å². The van der Waals surface area contributed by atoms with Gasteiger partial charge in [0.2, 0.25) is 0 Å². The van der Waals surface area contributed by atoms with Crippen molar-refractivity contribution < 1.29 is 32.7 Å². The van der Waals surface area contributed by atoms with Crippen molar-refractivity contribution in [2.75, 3.05) is 25.7 Å². The summed E-state index contributed by atoms with van der Waals surface area (Å²) in [7, 11) is 10.8. The molecule has 2 aromatic rings. The van der Waals surface area contributed by atoms with Crippen LogP contribution in [0.15, 0.2) is 16.6 Å². The summed E-state index contributed by atoms with van der Waals surface area (Å²) >= 11 is 5.15. The molecule has 6 radical (unpaired) electrons. The predicted molar refractivity (Wildman–Crippen MR) is 128 cm³/mol. The summed E-state index contributed by atoms with van der Waals surface area (Å²) < 4.78 is 45.2. The number of hydrogen-bond acceptors (Lipinski definition) is 6. The smallest absolute Gasteiger partial charge is 0.400 e. The average Bonchev–Trinajstić information content (AvgIpc) is 3.01. The van der Waals surface area contributed by atoms with Gasteiger partial charge in [-0.2, -0.15) is 20.5 Å². The van der Waals surface area contributed by atoms with Gasteiger partial charge in [-0.05, 0) is 53.5 Å². The number of hydrogen-bond donors (Lipinski definition) is 3. The monoisotopic (exact) mass is 549 g/mol. The van der Waals surface area contributed by atoms with Crippen molar-refractivity contribution >= 4 is 86.5 Å². The Morgan fingerprint density at radius 3 is 2.39 bits per heavy atom. The maximum atomic E-state index is 14.1. The van der Waals surface area contributed by atoms with E-state index in [9.17, 15) is 18.1 Å². The van der Waals surface area contributed by atoms with Gasteiger partial charge < -0.3 is 19.8 Å². The molecule has 2 rings (SSSR count). The Morgan fingerprint density at radius 1 is 1.35 bits per heavy atom. The molecular formula is C16H18B3BrF2NO5PS2. The molecule has 1 aromatic carbocycles. The fourth-order valence-corrected chi connectivity index (χ4v) is 5.43. The minimum Gasteiger partial charge on any atom is -0.492 e. The standard InChI is InChI=1S/C14H14BrF2O5PS2.C2H4B3N/c1-24-4-2-3-22-10-6-8(7-18)5-9-11(15)13(25-12(9)10)14(16,17)23(19,20)21;1-6-2(3,4)5/h5-7H,2-4H2,1H3,(H2,19,20,21);6H,1H3. The number of halogens is 3. The van der Waals surface area contributed by atoms with Gasteiger partial charge in [-0.3, -0.25) is 9.36 Å². The minimum absolute atomic E-state index is 0.154. The highest BCUT2D eigenvalue weighted by Gasteiger charge is 2.53. The van der Waals surface area contributed by atoms with Gasteiger partial charge in [-0.1, -0.05) is 5.24 Å². The van der Waals surface area contributed by atoms with Gasteiger partial charge in [0.05, 0.1) is 34.8 Å². The highest BCUT2D eigenvalue weighted by atomic mass is 79.9. The van der Waals surface area contributed by atoms with Crippen molar-refractivity contribution in [3.8, 4) is 5.75 Å². The van der Waals surface area contributed by atoms with Crippen molar-refractivity contribution in [1.29, 1.82) is 0 Å². The molecule has 0 aliphatic heterocycles. The Bertz CT molecular complexity index is 955. The van der Waals surface area contributed by atoms with Crippen LogP contribution < -0.4 is 10.1 Å². The molecule has 6 nitrogen and oxygen atoms in total. The number of carbonyl (C=O) groups excluding carboxylic acids is 1. The first-order valence-corrected chi connectivity index (χ1v) is 13.1. The summed E-state index contributed by atoms with van der Waals surface area (Å²) in [6, 6.07) is 2.80. The summed E-state index contributed by atoms with van der Waals surface area (Å²) in [5.41, 5.74) is -4.12. The van der Waals surface area contributed by atoms with Crippen molar-refractivity contribution in [3.63, 3.8) is 0 Å². The number of benzene rings is 1. The van der Waals surface area contributed by atoms with E-state index in [0.717, 1.165) is 12.2 Å². The lowest BCUT2D eigenvalue weighted by molar-refractivity contribution is 0.0595. The molecule has 0 saturated carbocycles. The minimum atomic E-state index is -5.70. The molecule has 0 bridgehead atoms. The Labute approximate surface area is 199 Å². The second-order valence-electron chi connectivity index (χ2n) is 6.22. The lowest BCUT2D eigenvalue weighted by Gasteiger charge is -2.16. The van der Waals surface area contributed by atoms with Crippen LogP contribution in [0, 0.1) is 0 Å². The SMILES string of the molecule is CSCCCOc1cc(C=O)cc2c(Br)c(C(F)(F)P(=O)(O)O)sc12.[B]C([B])([B])NC. The fourth-order valence-electron chi connectivity index (χ4n) is 2.05.